The zero-order valence-electron chi connectivity index (χ0n) is 12.7. The lowest BCUT2D eigenvalue weighted by Crippen LogP contribution is -2.29. The Hall–Kier alpha value is -2.87. The van der Waals surface area contributed by atoms with E-state index in [0.717, 1.165) is 4.88 Å². The van der Waals surface area contributed by atoms with Crippen LogP contribution in [0.1, 0.15) is 15.2 Å². The maximum Gasteiger partial charge on any atom is 0.344 e. The number of esters is 1. The lowest BCUT2D eigenvalue weighted by Gasteiger charge is -2.09. The summed E-state index contributed by atoms with van der Waals surface area (Å²) in [5.41, 5.74) is 5.37. The van der Waals surface area contributed by atoms with Crippen LogP contribution in [0.4, 0.5) is 0 Å². The smallest absolute Gasteiger partial charge is 0.344 e. The molecule has 3 N–H and O–H groups in total. The van der Waals surface area contributed by atoms with Crippen molar-refractivity contribution in [3.63, 3.8) is 0 Å². The highest BCUT2D eigenvalue weighted by Crippen LogP contribution is 2.16. The van der Waals surface area contributed by atoms with Gasteiger partial charge in [-0.15, -0.1) is 11.3 Å². The first kappa shape index (κ1) is 17.5. The highest BCUT2D eigenvalue weighted by molar-refractivity contribution is 7.09. The number of primary amides is 1. The minimum Gasteiger partial charge on any atom is -0.481 e. The molecule has 1 aromatic heterocycles. The molecule has 0 aliphatic carbocycles. The number of nitrogens with two attached hydrogens (primary N) is 1. The van der Waals surface area contributed by atoms with Crippen molar-refractivity contribution in [2.75, 3.05) is 13.2 Å². The molecule has 0 bridgehead atoms. The molecule has 0 aliphatic rings. The Morgan fingerprint density at radius 2 is 1.88 bits per heavy atom. The summed E-state index contributed by atoms with van der Waals surface area (Å²) in [6.45, 7) is -0.440. The van der Waals surface area contributed by atoms with Gasteiger partial charge >= 0.3 is 5.97 Å². The van der Waals surface area contributed by atoms with Gasteiger partial charge in [0.05, 0.1) is 12.1 Å². The third kappa shape index (κ3) is 5.40. The van der Waals surface area contributed by atoms with E-state index in [1.54, 1.807) is 12.1 Å². The quantitative estimate of drug-likeness (QED) is 0.694. The van der Waals surface area contributed by atoms with Crippen LogP contribution < -0.4 is 15.8 Å². The number of nitrogens with one attached hydrogen (secondary N) is 1. The Labute approximate surface area is 142 Å². The van der Waals surface area contributed by atoms with Crippen molar-refractivity contribution in [1.82, 2.24) is 5.32 Å². The Morgan fingerprint density at radius 3 is 2.58 bits per heavy atom. The van der Waals surface area contributed by atoms with Crippen LogP contribution in [-0.2, 0) is 20.9 Å². The summed E-state index contributed by atoms with van der Waals surface area (Å²) >= 11 is 1.52. The topological polar surface area (TPSA) is 108 Å². The van der Waals surface area contributed by atoms with Gasteiger partial charge in [-0.3, -0.25) is 9.59 Å². The highest BCUT2D eigenvalue weighted by Gasteiger charge is 2.12. The van der Waals surface area contributed by atoms with Gasteiger partial charge in [-0.25, -0.2) is 4.79 Å². The molecular formula is C16H16N2O5S. The molecule has 2 rings (SSSR count). The minimum absolute atomic E-state index is 0.166. The van der Waals surface area contributed by atoms with E-state index in [4.69, 9.17) is 15.2 Å². The Kier molecular flexibility index (Phi) is 6.32. The van der Waals surface area contributed by atoms with Crippen molar-refractivity contribution in [3.05, 3.63) is 52.2 Å². The molecule has 0 unspecified atom stereocenters. The molecule has 2 aromatic rings. The van der Waals surface area contributed by atoms with Crippen LogP contribution in [0.5, 0.6) is 5.75 Å². The summed E-state index contributed by atoms with van der Waals surface area (Å²) in [6.07, 6.45) is 0. The molecule has 0 spiro atoms. The predicted octanol–water partition coefficient (Wildman–Crippen LogP) is 1.09. The van der Waals surface area contributed by atoms with Gasteiger partial charge in [0.25, 0.3) is 11.8 Å². The second-order valence-electron chi connectivity index (χ2n) is 4.67. The average Bonchev–Trinajstić information content (AvgIpc) is 3.10. The van der Waals surface area contributed by atoms with Crippen molar-refractivity contribution in [3.8, 4) is 5.75 Å². The molecule has 0 aliphatic heterocycles. The van der Waals surface area contributed by atoms with Crippen molar-refractivity contribution in [2.24, 2.45) is 5.73 Å². The Balaban J connectivity index is 1.71. The molecular weight excluding hydrogens is 332 g/mol. The van der Waals surface area contributed by atoms with Crippen LogP contribution in [0.15, 0.2) is 41.8 Å². The molecule has 1 aromatic carbocycles. The first-order valence-electron chi connectivity index (χ1n) is 7.02. The molecule has 0 saturated carbocycles. The SMILES string of the molecule is NC(=O)c1ccccc1OCC(=O)OCC(=O)NCc1cccs1. The van der Waals surface area contributed by atoms with Crippen LogP contribution in [-0.4, -0.2) is 31.0 Å². The Bertz CT molecular complexity index is 715. The second-order valence-corrected chi connectivity index (χ2v) is 5.70. The number of thiophene rings is 1. The third-order valence-electron chi connectivity index (χ3n) is 2.90. The molecule has 0 saturated heterocycles. The van der Waals surface area contributed by atoms with Crippen molar-refractivity contribution < 1.29 is 23.9 Å². The summed E-state index contributed by atoms with van der Waals surface area (Å²) in [5.74, 6) is -1.61. The number of hydrogen-bond donors (Lipinski definition) is 2. The summed E-state index contributed by atoms with van der Waals surface area (Å²) in [4.78, 5) is 35.4. The largest absolute Gasteiger partial charge is 0.481 e. The van der Waals surface area contributed by atoms with Gasteiger partial charge in [-0.05, 0) is 23.6 Å². The Morgan fingerprint density at radius 1 is 1.08 bits per heavy atom. The van der Waals surface area contributed by atoms with Crippen LogP contribution in [0.25, 0.3) is 0 Å². The number of rotatable bonds is 8. The van der Waals surface area contributed by atoms with Crippen LogP contribution in [0.3, 0.4) is 0 Å². The molecule has 7 nitrogen and oxygen atoms in total. The first-order valence-corrected chi connectivity index (χ1v) is 7.90. The molecule has 1 heterocycles. The molecule has 2 amide bonds. The second kappa shape index (κ2) is 8.68. The van der Waals surface area contributed by atoms with E-state index in [2.05, 4.69) is 5.32 Å². The zero-order chi connectivity index (χ0) is 17.4. The van der Waals surface area contributed by atoms with E-state index in [1.165, 1.54) is 23.5 Å². The van der Waals surface area contributed by atoms with Crippen LogP contribution in [0.2, 0.25) is 0 Å². The standard InChI is InChI=1S/C16H16N2O5S/c17-16(21)12-5-1-2-6-13(12)22-10-15(20)23-9-14(19)18-8-11-4-3-7-24-11/h1-7H,8-10H2,(H2,17,21)(H,18,19). The maximum atomic E-state index is 11.6. The molecule has 0 radical (unpaired) electrons. The summed E-state index contributed by atoms with van der Waals surface area (Å²) in [6, 6.07) is 10.0. The fourth-order valence-corrected chi connectivity index (χ4v) is 2.41. The van der Waals surface area contributed by atoms with E-state index in [1.807, 2.05) is 17.5 Å². The monoisotopic (exact) mass is 348 g/mol. The van der Waals surface area contributed by atoms with E-state index in [9.17, 15) is 14.4 Å². The predicted molar refractivity (Wildman–Crippen MR) is 87.6 cm³/mol. The summed E-state index contributed by atoms with van der Waals surface area (Å²) in [5, 5.41) is 4.54. The fraction of sp³-hybridized carbons (Fsp3) is 0.188. The van der Waals surface area contributed by atoms with Crippen molar-refractivity contribution in [1.29, 1.82) is 0 Å². The van der Waals surface area contributed by atoms with Crippen molar-refractivity contribution >= 4 is 29.1 Å². The van der Waals surface area contributed by atoms with Gasteiger partial charge in [-0.2, -0.15) is 0 Å². The van der Waals surface area contributed by atoms with Gasteiger partial charge in [0.2, 0.25) is 0 Å². The minimum atomic E-state index is -0.722. The van der Waals surface area contributed by atoms with Gasteiger partial charge in [0, 0.05) is 4.88 Å². The number of para-hydroxylation sites is 1. The number of carbonyl (C=O) groups is 3. The molecule has 0 atom stereocenters. The highest BCUT2D eigenvalue weighted by atomic mass is 32.1. The molecule has 126 valence electrons. The molecule has 24 heavy (non-hydrogen) atoms. The zero-order valence-corrected chi connectivity index (χ0v) is 13.5. The number of amides is 2. The van der Waals surface area contributed by atoms with E-state index in [-0.39, 0.29) is 11.3 Å². The van der Waals surface area contributed by atoms with E-state index >= 15 is 0 Å². The number of ether oxygens (including phenoxy) is 2. The summed E-state index contributed by atoms with van der Waals surface area (Å²) < 4.78 is 10.0. The number of hydrogen-bond acceptors (Lipinski definition) is 6. The summed E-state index contributed by atoms with van der Waals surface area (Å²) in [7, 11) is 0. The van der Waals surface area contributed by atoms with E-state index < -0.39 is 31.0 Å². The third-order valence-corrected chi connectivity index (χ3v) is 3.78. The maximum absolute atomic E-state index is 11.6. The lowest BCUT2D eigenvalue weighted by atomic mass is 10.2. The first-order chi connectivity index (χ1) is 11.6. The van der Waals surface area contributed by atoms with Crippen LogP contribution in [0, 0.1) is 0 Å². The molecule has 8 heteroatoms. The van der Waals surface area contributed by atoms with Crippen LogP contribution >= 0.6 is 11.3 Å². The van der Waals surface area contributed by atoms with Gasteiger partial charge < -0.3 is 20.5 Å². The van der Waals surface area contributed by atoms with E-state index in [0.29, 0.717) is 6.54 Å². The van der Waals surface area contributed by atoms with Crippen molar-refractivity contribution in [2.45, 2.75) is 6.54 Å². The number of carbonyl (C=O) groups excluding carboxylic acids is 3. The van der Waals surface area contributed by atoms with Gasteiger partial charge in [0.1, 0.15) is 5.75 Å². The van der Waals surface area contributed by atoms with Gasteiger partial charge in [0.15, 0.2) is 13.2 Å². The average molecular weight is 348 g/mol. The fourth-order valence-electron chi connectivity index (χ4n) is 1.77. The lowest BCUT2D eigenvalue weighted by molar-refractivity contribution is -0.150. The normalized spacial score (nSPS) is 10.0. The van der Waals surface area contributed by atoms with Gasteiger partial charge in [-0.1, -0.05) is 18.2 Å². The number of benzene rings is 1. The molecule has 0 fully saturated rings.